The fraction of sp³-hybridized carbons (Fsp3) is 0.143. The van der Waals surface area contributed by atoms with Crippen LogP contribution < -0.4 is 0 Å². The van der Waals surface area contributed by atoms with Crippen LogP contribution in [0.25, 0.3) is 0 Å². The highest BCUT2D eigenvalue weighted by atomic mass is 32.1. The Kier molecular flexibility index (Phi) is 5.70. The molecule has 22 heavy (non-hydrogen) atoms. The first-order valence-electron chi connectivity index (χ1n) is 6.44. The van der Waals surface area contributed by atoms with Gasteiger partial charge in [-0.3, -0.25) is 9.05 Å². The summed E-state index contributed by atoms with van der Waals surface area (Å²) < 4.78 is 33.8. The van der Waals surface area contributed by atoms with Crippen molar-refractivity contribution in [2.45, 2.75) is 13.2 Å². The standard InChI is InChI=1S/C14H16O6P2/c15-21(16,17)22(18,19-11-13-7-3-1-4-8-13)20-12-14-9-5-2-6-10-14/h1-10H,11-12H2,(H2,15,16,17). The molecule has 0 heterocycles. The van der Waals surface area contributed by atoms with Crippen molar-refractivity contribution < 1.29 is 28.0 Å². The van der Waals surface area contributed by atoms with E-state index < -0.39 is 14.6 Å². The molecule has 0 fully saturated rings. The van der Waals surface area contributed by atoms with E-state index in [4.69, 9.17) is 9.05 Å². The first-order chi connectivity index (χ1) is 10.4. The Hall–Kier alpha value is -1.26. The highest BCUT2D eigenvalue weighted by Crippen LogP contribution is 2.78. The van der Waals surface area contributed by atoms with Crippen molar-refractivity contribution in [1.29, 1.82) is 0 Å². The smallest absolute Gasteiger partial charge is 0.316 e. The lowest BCUT2D eigenvalue weighted by Gasteiger charge is -2.19. The summed E-state index contributed by atoms with van der Waals surface area (Å²) in [5.41, 5.74) is 1.28. The van der Waals surface area contributed by atoms with Gasteiger partial charge in [0.1, 0.15) is 0 Å². The zero-order valence-electron chi connectivity index (χ0n) is 11.6. The summed E-state index contributed by atoms with van der Waals surface area (Å²) in [5, 5.41) is 0. The monoisotopic (exact) mass is 342 g/mol. The van der Waals surface area contributed by atoms with Crippen LogP contribution in [-0.2, 0) is 31.4 Å². The maximum Gasteiger partial charge on any atom is 0.441 e. The molecule has 6 nitrogen and oxygen atoms in total. The molecule has 2 rings (SSSR count). The van der Waals surface area contributed by atoms with Gasteiger partial charge in [-0.15, -0.1) is 0 Å². The Bertz CT molecular complexity index is 635. The van der Waals surface area contributed by atoms with Crippen LogP contribution in [0.5, 0.6) is 0 Å². The zero-order valence-corrected chi connectivity index (χ0v) is 13.4. The molecular formula is C14H16O6P2. The van der Waals surface area contributed by atoms with Crippen LogP contribution in [0.3, 0.4) is 0 Å². The molecule has 2 aromatic carbocycles. The van der Waals surface area contributed by atoms with Gasteiger partial charge in [0.15, 0.2) is 0 Å². The summed E-state index contributed by atoms with van der Waals surface area (Å²) in [6.07, 6.45) is 0. The van der Waals surface area contributed by atoms with Gasteiger partial charge in [-0.25, -0.2) is 9.13 Å². The molecule has 0 unspecified atom stereocenters. The lowest BCUT2D eigenvalue weighted by Crippen LogP contribution is -1.98. The van der Waals surface area contributed by atoms with E-state index in [1.165, 1.54) is 0 Å². The minimum Gasteiger partial charge on any atom is -0.316 e. The van der Waals surface area contributed by atoms with Gasteiger partial charge in [-0.05, 0) is 11.1 Å². The van der Waals surface area contributed by atoms with E-state index in [0.29, 0.717) is 11.1 Å². The molecule has 0 aliphatic carbocycles. The first-order valence-corrected chi connectivity index (χ1v) is 10.3. The molecule has 0 amide bonds. The highest BCUT2D eigenvalue weighted by molar-refractivity contribution is 8.26. The largest absolute Gasteiger partial charge is 0.441 e. The van der Waals surface area contributed by atoms with Crippen molar-refractivity contribution in [2.24, 2.45) is 0 Å². The van der Waals surface area contributed by atoms with Gasteiger partial charge >= 0.3 is 14.6 Å². The van der Waals surface area contributed by atoms with Crippen LogP contribution in [-0.4, -0.2) is 9.79 Å². The molecule has 0 aliphatic rings. The first kappa shape index (κ1) is 17.1. The summed E-state index contributed by atoms with van der Waals surface area (Å²) in [6.45, 7) is -0.421. The van der Waals surface area contributed by atoms with Crippen molar-refractivity contribution in [3.8, 4) is 0 Å². The second kappa shape index (κ2) is 7.34. The van der Waals surface area contributed by atoms with Crippen LogP contribution in [0.1, 0.15) is 11.1 Å². The fourth-order valence-corrected chi connectivity index (χ4v) is 3.90. The quantitative estimate of drug-likeness (QED) is 0.745. The van der Waals surface area contributed by atoms with Crippen LogP contribution in [0.4, 0.5) is 0 Å². The molecular weight excluding hydrogens is 326 g/mol. The van der Waals surface area contributed by atoms with Gasteiger partial charge < -0.3 is 9.79 Å². The van der Waals surface area contributed by atoms with Gasteiger partial charge in [0.05, 0.1) is 13.2 Å². The molecule has 0 atom stereocenters. The normalized spacial score (nSPS) is 12.3. The third-order valence-electron chi connectivity index (χ3n) is 2.79. The molecule has 0 spiro atoms. The molecule has 118 valence electrons. The number of hydrogen-bond acceptors (Lipinski definition) is 4. The Morgan fingerprint density at radius 3 is 1.41 bits per heavy atom. The fourth-order valence-electron chi connectivity index (χ4n) is 1.65. The Morgan fingerprint density at radius 1 is 0.727 bits per heavy atom. The zero-order chi connectivity index (χ0) is 16.1. The average molecular weight is 342 g/mol. The minimum atomic E-state index is -5.05. The van der Waals surface area contributed by atoms with E-state index in [1.807, 2.05) is 0 Å². The third-order valence-corrected chi connectivity index (χ3v) is 6.95. The predicted molar refractivity (Wildman–Crippen MR) is 82.1 cm³/mol. The maximum absolute atomic E-state index is 12.4. The molecule has 0 radical (unpaired) electrons. The number of benzene rings is 2. The summed E-state index contributed by atoms with van der Waals surface area (Å²) in [4.78, 5) is 18.6. The average Bonchev–Trinajstić information content (AvgIpc) is 2.52. The molecule has 0 saturated heterocycles. The van der Waals surface area contributed by atoms with Gasteiger partial charge in [-0.2, -0.15) is 0 Å². The number of rotatable bonds is 7. The third kappa shape index (κ3) is 4.62. The van der Waals surface area contributed by atoms with Gasteiger partial charge in [0, 0.05) is 0 Å². The molecule has 2 aromatic rings. The molecule has 0 saturated carbocycles. The van der Waals surface area contributed by atoms with Crippen LogP contribution >= 0.6 is 14.6 Å². The molecule has 2 N–H and O–H groups in total. The summed E-state index contributed by atoms with van der Waals surface area (Å²) in [5.74, 6) is 0. The predicted octanol–water partition coefficient (Wildman–Crippen LogP) is 3.71. The topological polar surface area (TPSA) is 93.1 Å². The van der Waals surface area contributed by atoms with E-state index in [1.54, 1.807) is 60.7 Å². The van der Waals surface area contributed by atoms with E-state index >= 15 is 0 Å². The van der Waals surface area contributed by atoms with Gasteiger partial charge in [-0.1, -0.05) is 60.7 Å². The molecule has 0 aliphatic heterocycles. The Balaban J connectivity index is 2.07. The lowest BCUT2D eigenvalue weighted by molar-refractivity contribution is 0.195. The van der Waals surface area contributed by atoms with Crippen molar-refractivity contribution in [1.82, 2.24) is 0 Å². The van der Waals surface area contributed by atoms with Crippen LogP contribution in [0, 0.1) is 0 Å². The number of hydrogen-bond donors (Lipinski definition) is 2. The van der Waals surface area contributed by atoms with Crippen molar-refractivity contribution >= 4 is 14.6 Å². The van der Waals surface area contributed by atoms with Crippen molar-refractivity contribution in [3.05, 3.63) is 71.8 Å². The molecule has 0 bridgehead atoms. The van der Waals surface area contributed by atoms with Gasteiger partial charge in [0.2, 0.25) is 0 Å². The second-order valence-electron chi connectivity index (χ2n) is 4.50. The van der Waals surface area contributed by atoms with E-state index in [0.717, 1.165) is 0 Å². The Morgan fingerprint density at radius 2 is 1.09 bits per heavy atom. The maximum atomic E-state index is 12.4. The molecule has 8 heteroatoms. The second-order valence-corrected chi connectivity index (χ2v) is 10.0. The van der Waals surface area contributed by atoms with Crippen LogP contribution in [0.2, 0.25) is 0 Å². The van der Waals surface area contributed by atoms with E-state index in [2.05, 4.69) is 0 Å². The summed E-state index contributed by atoms with van der Waals surface area (Å²) in [7, 11) is -9.62. The van der Waals surface area contributed by atoms with Gasteiger partial charge in [0.25, 0.3) is 0 Å². The molecule has 0 aromatic heterocycles. The summed E-state index contributed by atoms with van der Waals surface area (Å²) >= 11 is 0. The minimum absolute atomic E-state index is 0.210. The van der Waals surface area contributed by atoms with Crippen molar-refractivity contribution in [2.75, 3.05) is 0 Å². The van der Waals surface area contributed by atoms with E-state index in [-0.39, 0.29) is 13.2 Å². The van der Waals surface area contributed by atoms with Crippen LogP contribution in [0.15, 0.2) is 60.7 Å². The SMILES string of the molecule is O=P(O)(O)P(=O)(OCc1ccccc1)OCc1ccccc1. The lowest BCUT2D eigenvalue weighted by atomic mass is 10.2. The van der Waals surface area contributed by atoms with E-state index in [9.17, 15) is 18.9 Å². The summed E-state index contributed by atoms with van der Waals surface area (Å²) in [6, 6.07) is 17.3. The highest BCUT2D eigenvalue weighted by Gasteiger charge is 2.45. The van der Waals surface area contributed by atoms with Crippen molar-refractivity contribution in [3.63, 3.8) is 0 Å². The Labute approximate surface area is 128 Å².